The summed E-state index contributed by atoms with van der Waals surface area (Å²) in [5.41, 5.74) is 5.83. The largest absolute Gasteiger partial charge is 0.369 e. The van der Waals surface area contributed by atoms with Gasteiger partial charge < -0.3 is 15.1 Å². The van der Waals surface area contributed by atoms with Gasteiger partial charge in [0.25, 0.3) is 5.91 Å². The molecule has 3 amide bonds. The van der Waals surface area contributed by atoms with Crippen molar-refractivity contribution in [2.75, 3.05) is 43.1 Å². The molecule has 0 unspecified atom stereocenters. The fraction of sp³-hybridized carbons (Fsp3) is 0.348. The topological polar surface area (TPSA) is 85.0 Å². The number of piperazine rings is 1. The van der Waals surface area contributed by atoms with Crippen molar-refractivity contribution in [3.63, 3.8) is 0 Å². The van der Waals surface area contributed by atoms with Gasteiger partial charge in [0, 0.05) is 56.8 Å². The van der Waals surface area contributed by atoms with Gasteiger partial charge in [-0.15, -0.1) is 0 Å². The van der Waals surface area contributed by atoms with Crippen LogP contribution in [0.3, 0.4) is 0 Å². The minimum Gasteiger partial charge on any atom is -0.369 e. The molecule has 2 saturated heterocycles. The SMILES string of the molecule is CN1CCN(c2ccccc2CNC(=O)c2ccc(N3NC(=O)CCC3=O)cc2)CC1. The predicted octanol–water partition coefficient (Wildman–Crippen LogP) is 1.53. The zero-order chi connectivity index (χ0) is 21.8. The first-order chi connectivity index (χ1) is 15.0. The number of rotatable bonds is 5. The molecule has 0 atom stereocenters. The third-order valence-corrected chi connectivity index (χ3v) is 5.71. The highest BCUT2D eigenvalue weighted by Crippen LogP contribution is 2.22. The average molecular weight is 422 g/mol. The Balaban J connectivity index is 1.39. The lowest BCUT2D eigenvalue weighted by Crippen LogP contribution is -2.50. The zero-order valence-electron chi connectivity index (χ0n) is 17.6. The molecule has 0 spiro atoms. The number of anilines is 2. The van der Waals surface area contributed by atoms with Crippen LogP contribution in [0.5, 0.6) is 0 Å². The Morgan fingerprint density at radius 2 is 1.68 bits per heavy atom. The van der Waals surface area contributed by atoms with E-state index < -0.39 is 0 Å². The van der Waals surface area contributed by atoms with Crippen LogP contribution < -0.4 is 20.7 Å². The molecule has 0 aliphatic carbocycles. The molecule has 2 fully saturated rings. The highest BCUT2D eigenvalue weighted by atomic mass is 16.2. The number of carbonyl (C=O) groups excluding carboxylic acids is 3. The van der Waals surface area contributed by atoms with E-state index in [4.69, 9.17) is 0 Å². The smallest absolute Gasteiger partial charge is 0.251 e. The van der Waals surface area contributed by atoms with Crippen molar-refractivity contribution in [1.82, 2.24) is 15.6 Å². The summed E-state index contributed by atoms with van der Waals surface area (Å²) in [6.07, 6.45) is 0.381. The molecule has 162 valence electrons. The Morgan fingerprint density at radius 3 is 2.42 bits per heavy atom. The van der Waals surface area contributed by atoms with Gasteiger partial charge in [-0.1, -0.05) is 18.2 Å². The van der Waals surface area contributed by atoms with Gasteiger partial charge in [-0.05, 0) is 42.9 Å². The van der Waals surface area contributed by atoms with E-state index in [9.17, 15) is 14.4 Å². The van der Waals surface area contributed by atoms with E-state index in [-0.39, 0.29) is 30.6 Å². The van der Waals surface area contributed by atoms with Crippen molar-refractivity contribution in [2.45, 2.75) is 19.4 Å². The van der Waals surface area contributed by atoms with Crippen molar-refractivity contribution in [3.05, 3.63) is 59.7 Å². The Labute approximate surface area is 181 Å². The molecule has 2 aromatic carbocycles. The molecular formula is C23H27N5O3. The van der Waals surface area contributed by atoms with Crippen molar-refractivity contribution in [1.29, 1.82) is 0 Å². The number of hydrazine groups is 1. The molecule has 2 aliphatic heterocycles. The summed E-state index contributed by atoms with van der Waals surface area (Å²) < 4.78 is 0. The fourth-order valence-corrected chi connectivity index (χ4v) is 3.84. The van der Waals surface area contributed by atoms with Crippen LogP contribution >= 0.6 is 0 Å². The monoisotopic (exact) mass is 421 g/mol. The summed E-state index contributed by atoms with van der Waals surface area (Å²) in [5, 5.41) is 4.23. The molecule has 0 saturated carbocycles. The van der Waals surface area contributed by atoms with Crippen LogP contribution in [-0.4, -0.2) is 55.8 Å². The number of hydrogen-bond donors (Lipinski definition) is 2. The molecule has 8 heteroatoms. The van der Waals surface area contributed by atoms with E-state index >= 15 is 0 Å². The molecule has 2 heterocycles. The maximum atomic E-state index is 12.7. The van der Waals surface area contributed by atoms with E-state index in [1.807, 2.05) is 18.2 Å². The van der Waals surface area contributed by atoms with Gasteiger partial charge in [0.15, 0.2) is 0 Å². The van der Waals surface area contributed by atoms with Crippen molar-refractivity contribution in [3.8, 4) is 0 Å². The van der Waals surface area contributed by atoms with Crippen molar-refractivity contribution < 1.29 is 14.4 Å². The van der Waals surface area contributed by atoms with Crippen LogP contribution in [0.1, 0.15) is 28.8 Å². The summed E-state index contributed by atoms with van der Waals surface area (Å²) >= 11 is 0. The molecule has 2 aliphatic rings. The molecule has 31 heavy (non-hydrogen) atoms. The second kappa shape index (κ2) is 9.18. The number of hydrogen-bond acceptors (Lipinski definition) is 5. The molecule has 4 rings (SSSR count). The van der Waals surface area contributed by atoms with Crippen molar-refractivity contribution >= 4 is 29.1 Å². The quantitative estimate of drug-likeness (QED) is 0.765. The van der Waals surface area contributed by atoms with Crippen molar-refractivity contribution in [2.24, 2.45) is 0 Å². The molecule has 0 bridgehead atoms. The van der Waals surface area contributed by atoms with Crippen LogP contribution in [0.4, 0.5) is 11.4 Å². The maximum Gasteiger partial charge on any atom is 0.251 e. The highest BCUT2D eigenvalue weighted by molar-refractivity contribution is 6.01. The highest BCUT2D eigenvalue weighted by Gasteiger charge is 2.24. The standard InChI is InChI=1S/C23H27N5O3/c1-26-12-14-27(15-13-26)20-5-3-2-4-18(20)16-24-23(31)17-6-8-19(9-7-17)28-22(30)11-10-21(29)25-28/h2-9H,10-16H2,1H3,(H,24,31)(H,25,29). The van der Waals surface area contributed by atoms with Gasteiger partial charge in [-0.3, -0.25) is 19.8 Å². The zero-order valence-corrected chi connectivity index (χ0v) is 17.6. The van der Waals surface area contributed by atoms with Crippen LogP contribution in [0.15, 0.2) is 48.5 Å². The minimum absolute atomic E-state index is 0.169. The first kappa shape index (κ1) is 20.9. The Hall–Kier alpha value is -3.39. The fourth-order valence-electron chi connectivity index (χ4n) is 3.84. The molecule has 8 nitrogen and oxygen atoms in total. The lowest BCUT2D eigenvalue weighted by molar-refractivity contribution is -0.130. The van der Waals surface area contributed by atoms with Crippen LogP contribution in [0.2, 0.25) is 0 Å². The Morgan fingerprint density at radius 1 is 0.968 bits per heavy atom. The number of para-hydroxylation sites is 1. The predicted molar refractivity (Wildman–Crippen MR) is 119 cm³/mol. The van der Waals surface area contributed by atoms with Gasteiger partial charge in [0.1, 0.15) is 0 Å². The van der Waals surface area contributed by atoms with Gasteiger partial charge in [-0.2, -0.15) is 0 Å². The average Bonchev–Trinajstić information content (AvgIpc) is 2.80. The molecule has 2 aromatic rings. The molecule has 0 aromatic heterocycles. The lowest BCUT2D eigenvalue weighted by atomic mass is 10.1. The number of amides is 3. The number of carbonyl (C=O) groups is 3. The van der Waals surface area contributed by atoms with Gasteiger partial charge in [0.2, 0.25) is 11.8 Å². The summed E-state index contributed by atoms with van der Waals surface area (Å²) in [7, 11) is 2.13. The van der Waals surface area contributed by atoms with Gasteiger partial charge in [0.05, 0.1) is 5.69 Å². The molecule has 0 radical (unpaired) electrons. The minimum atomic E-state index is -0.194. The Kier molecular flexibility index (Phi) is 6.18. The van der Waals surface area contributed by atoms with Crippen LogP contribution in [0.25, 0.3) is 0 Å². The lowest BCUT2D eigenvalue weighted by Gasteiger charge is -2.35. The third kappa shape index (κ3) is 4.86. The van der Waals surface area contributed by atoms with E-state index in [0.29, 0.717) is 17.8 Å². The second-order valence-corrected chi connectivity index (χ2v) is 7.91. The van der Waals surface area contributed by atoms with E-state index in [2.05, 4.69) is 33.7 Å². The Bertz CT molecular complexity index is 967. The van der Waals surface area contributed by atoms with Crippen LogP contribution in [-0.2, 0) is 16.1 Å². The second-order valence-electron chi connectivity index (χ2n) is 7.91. The van der Waals surface area contributed by atoms with Gasteiger partial charge in [-0.25, -0.2) is 5.01 Å². The van der Waals surface area contributed by atoms with E-state index in [1.165, 1.54) is 5.01 Å². The van der Waals surface area contributed by atoms with Crippen LogP contribution in [0, 0.1) is 0 Å². The summed E-state index contributed by atoms with van der Waals surface area (Å²) in [6, 6.07) is 14.8. The number of likely N-dealkylation sites (N-methyl/N-ethyl adjacent to an activating group) is 1. The summed E-state index contributed by atoms with van der Waals surface area (Å²) in [4.78, 5) is 40.9. The first-order valence-corrected chi connectivity index (χ1v) is 10.5. The summed E-state index contributed by atoms with van der Waals surface area (Å²) in [6.45, 7) is 4.41. The number of nitrogens with one attached hydrogen (secondary N) is 2. The molecular weight excluding hydrogens is 394 g/mol. The van der Waals surface area contributed by atoms with E-state index in [1.54, 1.807) is 24.3 Å². The maximum absolute atomic E-state index is 12.7. The molecule has 2 N–H and O–H groups in total. The first-order valence-electron chi connectivity index (χ1n) is 10.5. The van der Waals surface area contributed by atoms with E-state index in [0.717, 1.165) is 37.4 Å². The third-order valence-electron chi connectivity index (χ3n) is 5.71. The number of benzene rings is 2. The number of nitrogens with zero attached hydrogens (tertiary/aromatic N) is 3. The normalized spacial score (nSPS) is 17.5. The summed E-state index contributed by atoms with van der Waals surface area (Å²) in [5.74, 6) is -0.550. The van der Waals surface area contributed by atoms with Gasteiger partial charge >= 0.3 is 0 Å².